The topological polar surface area (TPSA) is 249 Å². The van der Waals surface area contributed by atoms with Gasteiger partial charge in [-0.15, -0.1) is 0 Å². The molecule has 3 unspecified atom stereocenters. The summed E-state index contributed by atoms with van der Waals surface area (Å²) in [6.07, 6.45) is -11.2. The van der Waals surface area contributed by atoms with E-state index in [-0.39, 0.29) is 33.8 Å². The van der Waals surface area contributed by atoms with Crippen molar-refractivity contribution in [1.82, 2.24) is 0 Å². The number of hydrogen-bond acceptors (Lipinski definition) is 15. The minimum atomic E-state index is -1.95. The van der Waals surface area contributed by atoms with Crippen LogP contribution in [0.15, 0.2) is 45.6 Å². The van der Waals surface area contributed by atoms with Crippen LogP contribution in [0.4, 0.5) is 0 Å². The summed E-state index contributed by atoms with van der Waals surface area (Å²) in [6, 6.07) is 7.08. The lowest BCUT2D eigenvalue weighted by Crippen LogP contribution is -2.60. The van der Waals surface area contributed by atoms with Crippen molar-refractivity contribution in [2.45, 2.75) is 48.7 Å². The third-order valence-corrected chi connectivity index (χ3v) is 6.97. The molecule has 222 valence electrons. The van der Waals surface area contributed by atoms with Crippen LogP contribution in [-0.2, 0) is 14.2 Å². The van der Waals surface area contributed by atoms with Crippen LogP contribution in [0.2, 0.25) is 0 Å². The Morgan fingerprint density at radius 3 is 2.34 bits per heavy atom. The van der Waals surface area contributed by atoms with Gasteiger partial charge in [0.2, 0.25) is 6.29 Å². The second-order valence-corrected chi connectivity index (χ2v) is 9.85. The first-order chi connectivity index (χ1) is 19.4. The van der Waals surface area contributed by atoms with Crippen molar-refractivity contribution in [3.8, 4) is 34.3 Å². The Balaban J connectivity index is 1.36. The monoisotopic (exact) mass is 580 g/mol. The van der Waals surface area contributed by atoms with Crippen LogP contribution in [0, 0.1) is 0 Å². The fourth-order valence-electron chi connectivity index (χ4n) is 4.54. The number of aliphatic hydroxyl groups is 6. The summed E-state index contributed by atoms with van der Waals surface area (Å²) in [6.45, 7) is -1.72. The number of fused-ring (bicyclic) bond motifs is 1. The van der Waals surface area contributed by atoms with Crippen LogP contribution < -0.4 is 10.2 Å². The Hall–Kier alpha value is -3.51. The highest BCUT2D eigenvalue weighted by atomic mass is 16.7. The molecule has 8 atom stereocenters. The normalized spacial score (nSPS) is 31.9. The van der Waals surface area contributed by atoms with Gasteiger partial charge in [-0.2, -0.15) is 0 Å². The lowest BCUT2D eigenvalue weighted by atomic mass is 9.99. The van der Waals surface area contributed by atoms with Crippen LogP contribution in [0.25, 0.3) is 22.3 Å². The first kappa shape index (κ1) is 29.0. The molecule has 9 N–H and O–H groups in total. The fourth-order valence-corrected chi connectivity index (χ4v) is 4.54. The number of phenols is 3. The Morgan fingerprint density at radius 1 is 0.902 bits per heavy atom. The maximum atomic E-state index is 12.7. The molecule has 15 nitrogen and oxygen atoms in total. The molecule has 0 bridgehead atoms. The maximum Gasteiger partial charge on any atom is 0.229 e. The van der Waals surface area contributed by atoms with E-state index < -0.39 is 85.4 Å². The van der Waals surface area contributed by atoms with Gasteiger partial charge in [0.05, 0.1) is 19.8 Å². The highest BCUT2D eigenvalue weighted by molar-refractivity contribution is 5.86. The van der Waals surface area contributed by atoms with Gasteiger partial charge in [-0.3, -0.25) is 4.79 Å². The van der Waals surface area contributed by atoms with E-state index in [2.05, 4.69) is 0 Å². The van der Waals surface area contributed by atoms with Gasteiger partial charge in [-0.05, 0) is 18.2 Å². The third kappa shape index (κ3) is 5.42. The maximum absolute atomic E-state index is 12.7. The van der Waals surface area contributed by atoms with Crippen LogP contribution in [-0.4, -0.2) is 114 Å². The standard InChI is InChI=1S/C26H28O15/c27-8-26(36)9-38-25(23(26)35)37-7-18-20(32)21(33)22(34)24(41-18)39-11-4-14(30)19-15(31)6-16(40-17(19)5-11)10-1-2-12(28)13(29)3-10/h1-6,18,20-25,27-30,32-36H,7-9H2/t18?,20-,21-,22?,23-,24-,25?,26+/m0/s1. The Bertz CT molecular complexity index is 1470. The van der Waals surface area contributed by atoms with Crippen molar-refractivity contribution in [3.63, 3.8) is 0 Å². The van der Waals surface area contributed by atoms with Crippen molar-refractivity contribution < 1.29 is 69.3 Å². The van der Waals surface area contributed by atoms with Gasteiger partial charge in [0.15, 0.2) is 23.2 Å². The Kier molecular flexibility index (Phi) is 7.82. The molecule has 2 aromatic carbocycles. The van der Waals surface area contributed by atoms with Crippen molar-refractivity contribution in [3.05, 3.63) is 46.6 Å². The largest absolute Gasteiger partial charge is 0.507 e. The molecule has 2 aliphatic heterocycles. The molecule has 2 aliphatic rings. The predicted molar refractivity (Wildman–Crippen MR) is 134 cm³/mol. The molecule has 3 aromatic rings. The quantitative estimate of drug-likeness (QED) is 0.140. The summed E-state index contributed by atoms with van der Waals surface area (Å²) in [5.41, 5.74) is -2.49. The van der Waals surface area contributed by atoms with Crippen LogP contribution in [0.5, 0.6) is 23.0 Å². The zero-order chi connectivity index (χ0) is 29.6. The molecule has 0 spiro atoms. The highest BCUT2D eigenvalue weighted by Crippen LogP contribution is 2.35. The second kappa shape index (κ2) is 11.1. The molecule has 15 heteroatoms. The van der Waals surface area contributed by atoms with E-state index in [0.29, 0.717) is 0 Å². The molecule has 0 aliphatic carbocycles. The first-order valence-electron chi connectivity index (χ1n) is 12.4. The van der Waals surface area contributed by atoms with E-state index in [1.807, 2.05) is 0 Å². The number of aliphatic hydroxyl groups excluding tert-OH is 5. The molecular formula is C26H28O15. The molecule has 2 fully saturated rings. The predicted octanol–water partition coefficient (Wildman–Crippen LogP) is -1.78. The van der Waals surface area contributed by atoms with Gasteiger partial charge < -0.3 is 69.3 Å². The summed E-state index contributed by atoms with van der Waals surface area (Å²) < 4.78 is 27.4. The second-order valence-electron chi connectivity index (χ2n) is 9.85. The average Bonchev–Trinajstić information content (AvgIpc) is 3.23. The molecule has 2 saturated heterocycles. The van der Waals surface area contributed by atoms with Crippen LogP contribution in [0.3, 0.4) is 0 Å². The Morgan fingerprint density at radius 2 is 1.66 bits per heavy atom. The number of ether oxygens (including phenoxy) is 4. The number of phenolic OH excluding ortho intramolecular Hbond substituents is 3. The number of rotatable bonds is 7. The van der Waals surface area contributed by atoms with Crippen molar-refractivity contribution in [2.75, 3.05) is 19.8 Å². The summed E-state index contributed by atoms with van der Waals surface area (Å²) in [5, 5.41) is 90.4. The smallest absolute Gasteiger partial charge is 0.229 e. The van der Waals surface area contributed by atoms with Crippen molar-refractivity contribution in [1.29, 1.82) is 0 Å². The minimum Gasteiger partial charge on any atom is -0.507 e. The van der Waals surface area contributed by atoms with Crippen LogP contribution in [0.1, 0.15) is 0 Å². The zero-order valence-electron chi connectivity index (χ0n) is 21.1. The summed E-state index contributed by atoms with van der Waals surface area (Å²) >= 11 is 0. The van der Waals surface area contributed by atoms with E-state index in [1.165, 1.54) is 24.3 Å². The lowest BCUT2D eigenvalue weighted by molar-refractivity contribution is -0.289. The number of benzene rings is 2. The van der Waals surface area contributed by atoms with Gasteiger partial charge in [0.25, 0.3) is 0 Å². The van der Waals surface area contributed by atoms with Crippen molar-refractivity contribution in [2.24, 2.45) is 0 Å². The SMILES string of the molecule is O=c1cc(-c2ccc(O)c(O)c2)oc2cc(O[C@H]3OC(COC4OC[C@](O)(CO)[C@H]4O)[C@H](O)[C@H](O)C3O)cc(O)c12. The third-order valence-electron chi connectivity index (χ3n) is 6.97. The van der Waals surface area contributed by atoms with Crippen LogP contribution >= 0.6 is 0 Å². The lowest BCUT2D eigenvalue weighted by Gasteiger charge is -2.40. The summed E-state index contributed by atoms with van der Waals surface area (Å²) in [4.78, 5) is 12.7. The molecule has 5 rings (SSSR count). The molecule has 0 radical (unpaired) electrons. The Labute approximate surface area is 230 Å². The number of hydrogen-bond donors (Lipinski definition) is 9. The van der Waals surface area contributed by atoms with E-state index >= 15 is 0 Å². The van der Waals surface area contributed by atoms with Gasteiger partial charge in [0, 0.05) is 23.8 Å². The molecule has 41 heavy (non-hydrogen) atoms. The fraction of sp³-hybridized carbons (Fsp3) is 0.423. The highest BCUT2D eigenvalue weighted by Gasteiger charge is 2.50. The van der Waals surface area contributed by atoms with Gasteiger partial charge in [-0.1, -0.05) is 0 Å². The average molecular weight is 580 g/mol. The summed E-state index contributed by atoms with van der Waals surface area (Å²) in [7, 11) is 0. The van der Waals surface area contributed by atoms with E-state index in [1.54, 1.807) is 0 Å². The molecule has 3 heterocycles. The van der Waals surface area contributed by atoms with Gasteiger partial charge in [-0.25, -0.2) is 0 Å². The van der Waals surface area contributed by atoms with E-state index in [0.717, 1.165) is 12.1 Å². The van der Waals surface area contributed by atoms with Gasteiger partial charge in [0.1, 0.15) is 64.3 Å². The van der Waals surface area contributed by atoms with Crippen molar-refractivity contribution >= 4 is 11.0 Å². The first-order valence-corrected chi connectivity index (χ1v) is 12.4. The van der Waals surface area contributed by atoms with E-state index in [9.17, 15) is 50.8 Å². The minimum absolute atomic E-state index is 0.0107. The summed E-state index contributed by atoms with van der Waals surface area (Å²) in [5.74, 6) is -1.56. The van der Waals surface area contributed by atoms with E-state index in [4.69, 9.17) is 23.4 Å². The van der Waals surface area contributed by atoms with Gasteiger partial charge >= 0.3 is 0 Å². The molecule has 0 saturated carbocycles. The zero-order valence-corrected chi connectivity index (χ0v) is 21.1. The molecule has 1 aromatic heterocycles. The number of aromatic hydroxyl groups is 3. The molecular weight excluding hydrogens is 552 g/mol. The molecule has 0 amide bonds.